The molecule has 0 amide bonds. The van der Waals surface area contributed by atoms with Crippen LogP contribution in [0.1, 0.15) is 29.7 Å². The number of aromatic nitrogens is 1. The minimum atomic E-state index is -0.128. The van der Waals surface area contributed by atoms with Crippen molar-refractivity contribution in [3.8, 4) is 11.3 Å². The van der Waals surface area contributed by atoms with Crippen LogP contribution in [0, 0.1) is 12.7 Å². The average Bonchev–Trinajstić information content (AvgIpc) is 3.07. The van der Waals surface area contributed by atoms with Gasteiger partial charge in [0.15, 0.2) is 0 Å². The van der Waals surface area contributed by atoms with Gasteiger partial charge >= 0.3 is 0 Å². The van der Waals surface area contributed by atoms with Crippen LogP contribution in [0.4, 0.5) is 10.1 Å². The van der Waals surface area contributed by atoms with Gasteiger partial charge in [-0.3, -0.25) is 0 Å². The third-order valence-electron chi connectivity index (χ3n) is 3.79. The molecular formula is C16H19FN2S. The molecule has 0 unspecified atom stereocenters. The Morgan fingerprint density at radius 3 is 2.70 bits per heavy atom. The van der Waals surface area contributed by atoms with Crippen LogP contribution < -0.4 is 4.90 Å². The fraction of sp³-hybridized carbons (Fsp3) is 0.438. The quantitative estimate of drug-likeness (QED) is 0.832. The number of benzene rings is 1. The van der Waals surface area contributed by atoms with E-state index in [0.717, 1.165) is 54.3 Å². The molecule has 1 aromatic carbocycles. The molecule has 0 bridgehead atoms. The van der Waals surface area contributed by atoms with E-state index in [1.165, 1.54) is 4.88 Å². The first-order valence-corrected chi connectivity index (χ1v) is 8.02. The van der Waals surface area contributed by atoms with E-state index in [1.54, 1.807) is 17.4 Å². The molecule has 0 atom stereocenters. The van der Waals surface area contributed by atoms with Crippen LogP contribution in [0.15, 0.2) is 18.2 Å². The molecule has 20 heavy (non-hydrogen) atoms. The molecule has 2 nitrogen and oxygen atoms in total. The van der Waals surface area contributed by atoms with Crippen molar-refractivity contribution in [2.45, 2.75) is 33.1 Å². The van der Waals surface area contributed by atoms with Crippen molar-refractivity contribution in [3.63, 3.8) is 0 Å². The molecule has 3 rings (SSSR count). The topological polar surface area (TPSA) is 16.1 Å². The predicted molar refractivity (Wildman–Crippen MR) is 83.1 cm³/mol. The van der Waals surface area contributed by atoms with Gasteiger partial charge in [-0.25, -0.2) is 9.37 Å². The lowest BCUT2D eigenvalue weighted by atomic mass is 10.1. The molecule has 1 aliphatic rings. The van der Waals surface area contributed by atoms with Gasteiger partial charge in [-0.05, 0) is 38.3 Å². The Bertz CT molecular complexity index is 615. The fourth-order valence-electron chi connectivity index (χ4n) is 2.80. The Hall–Kier alpha value is -1.42. The van der Waals surface area contributed by atoms with Gasteiger partial charge < -0.3 is 4.90 Å². The van der Waals surface area contributed by atoms with E-state index in [9.17, 15) is 4.39 Å². The highest BCUT2D eigenvalue weighted by molar-refractivity contribution is 7.12. The van der Waals surface area contributed by atoms with Gasteiger partial charge in [0.05, 0.1) is 16.4 Å². The molecule has 1 saturated heterocycles. The zero-order valence-electron chi connectivity index (χ0n) is 11.9. The number of nitrogens with zero attached hydrogens (tertiary/aromatic N) is 2. The summed E-state index contributed by atoms with van der Waals surface area (Å²) in [6.45, 7) is 6.05. The van der Waals surface area contributed by atoms with E-state index in [4.69, 9.17) is 0 Å². The van der Waals surface area contributed by atoms with Crippen molar-refractivity contribution < 1.29 is 4.39 Å². The molecule has 0 saturated carbocycles. The maximum absolute atomic E-state index is 14.4. The van der Waals surface area contributed by atoms with E-state index in [-0.39, 0.29) is 5.82 Å². The second-order valence-electron chi connectivity index (χ2n) is 5.22. The summed E-state index contributed by atoms with van der Waals surface area (Å²) >= 11 is 1.70. The number of aryl methyl sites for hydroxylation is 2. The number of anilines is 1. The van der Waals surface area contributed by atoms with Gasteiger partial charge in [-0.1, -0.05) is 13.0 Å². The Kier molecular flexibility index (Phi) is 3.74. The smallest absolute Gasteiger partial charge is 0.147 e. The Morgan fingerprint density at radius 1 is 1.30 bits per heavy atom. The van der Waals surface area contributed by atoms with Crippen molar-refractivity contribution >= 4 is 17.0 Å². The summed E-state index contributed by atoms with van der Waals surface area (Å²) in [5, 5.41) is 1.04. The molecule has 0 aliphatic carbocycles. The van der Waals surface area contributed by atoms with Gasteiger partial charge in [-0.2, -0.15) is 0 Å². The van der Waals surface area contributed by atoms with Crippen LogP contribution in [0.3, 0.4) is 0 Å². The molecule has 1 aliphatic heterocycles. The summed E-state index contributed by atoms with van der Waals surface area (Å²) in [7, 11) is 0. The Balaban J connectivity index is 1.97. The summed E-state index contributed by atoms with van der Waals surface area (Å²) in [6, 6.07) is 5.55. The lowest BCUT2D eigenvalue weighted by Gasteiger charge is -2.18. The molecule has 0 spiro atoms. The molecule has 1 fully saturated rings. The van der Waals surface area contributed by atoms with Gasteiger partial charge in [0.1, 0.15) is 5.82 Å². The number of thiazole rings is 1. The third-order valence-corrected chi connectivity index (χ3v) is 4.91. The van der Waals surface area contributed by atoms with Crippen molar-refractivity contribution in [1.82, 2.24) is 4.98 Å². The average molecular weight is 290 g/mol. The van der Waals surface area contributed by atoms with Crippen LogP contribution in [-0.4, -0.2) is 18.1 Å². The largest absolute Gasteiger partial charge is 0.369 e. The zero-order chi connectivity index (χ0) is 14.1. The Morgan fingerprint density at radius 2 is 2.05 bits per heavy atom. The fourth-order valence-corrected chi connectivity index (χ4v) is 3.70. The van der Waals surface area contributed by atoms with Crippen molar-refractivity contribution in [2.24, 2.45) is 0 Å². The number of hydrogen-bond donors (Lipinski definition) is 0. The summed E-state index contributed by atoms with van der Waals surface area (Å²) < 4.78 is 14.4. The third kappa shape index (κ3) is 2.44. The normalized spacial score (nSPS) is 15.1. The molecule has 2 heterocycles. The van der Waals surface area contributed by atoms with Gasteiger partial charge in [0.25, 0.3) is 0 Å². The highest BCUT2D eigenvalue weighted by Crippen LogP contribution is 2.32. The summed E-state index contributed by atoms with van der Waals surface area (Å²) in [6.07, 6.45) is 3.26. The van der Waals surface area contributed by atoms with E-state index >= 15 is 0 Å². The van der Waals surface area contributed by atoms with E-state index in [1.807, 2.05) is 19.1 Å². The van der Waals surface area contributed by atoms with E-state index < -0.39 is 0 Å². The summed E-state index contributed by atoms with van der Waals surface area (Å²) in [5.41, 5.74) is 2.57. The van der Waals surface area contributed by atoms with Crippen molar-refractivity contribution in [1.29, 1.82) is 0 Å². The number of hydrogen-bond acceptors (Lipinski definition) is 3. The second kappa shape index (κ2) is 5.52. The molecule has 1 aromatic heterocycles. The highest BCUT2D eigenvalue weighted by atomic mass is 32.1. The SMILES string of the molecule is CCc1sc(C)nc1-c1ccc(N2CCCC2)c(F)c1. The maximum Gasteiger partial charge on any atom is 0.147 e. The molecule has 2 aromatic rings. The molecule has 0 radical (unpaired) electrons. The van der Waals surface area contributed by atoms with Crippen LogP contribution in [0.5, 0.6) is 0 Å². The van der Waals surface area contributed by atoms with Crippen LogP contribution >= 0.6 is 11.3 Å². The van der Waals surface area contributed by atoms with Crippen LogP contribution in [0.25, 0.3) is 11.3 Å². The predicted octanol–water partition coefficient (Wildman–Crippen LogP) is 4.42. The van der Waals surface area contributed by atoms with Gasteiger partial charge in [0, 0.05) is 23.5 Å². The minimum absolute atomic E-state index is 0.128. The molecule has 4 heteroatoms. The number of halogens is 1. The lowest BCUT2D eigenvalue weighted by Crippen LogP contribution is -2.18. The van der Waals surface area contributed by atoms with E-state index in [0.29, 0.717) is 0 Å². The summed E-state index contributed by atoms with van der Waals surface area (Å²) in [5.74, 6) is -0.128. The highest BCUT2D eigenvalue weighted by Gasteiger charge is 2.18. The number of rotatable bonds is 3. The summed E-state index contributed by atoms with van der Waals surface area (Å²) in [4.78, 5) is 7.92. The first-order chi connectivity index (χ1) is 9.69. The standard InChI is InChI=1S/C16H19FN2S/c1-3-15-16(18-11(2)20-15)12-6-7-14(13(17)10-12)19-8-4-5-9-19/h6-7,10H,3-5,8-9H2,1-2H3. The zero-order valence-corrected chi connectivity index (χ0v) is 12.8. The second-order valence-corrected chi connectivity index (χ2v) is 6.51. The molecular weight excluding hydrogens is 271 g/mol. The maximum atomic E-state index is 14.4. The lowest BCUT2D eigenvalue weighted by molar-refractivity contribution is 0.623. The van der Waals surface area contributed by atoms with Crippen LogP contribution in [-0.2, 0) is 6.42 Å². The van der Waals surface area contributed by atoms with Crippen molar-refractivity contribution in [2.75, 3.05) is 18.0 Å². The van der Waals surface area contributed by atoms with Crippen LogP contribution in [0.2, 0.25) is 0 Å². The van der Waals surface area contributed by atoms with Crippen molar-refractivity contribution in [3.05, 3.63) is 33.9 Å². The minimum Gasteiger partial charge on any atom is -0.369 e. The monoisotopic (exact) mass is 290 g/mol. The first kappa shape index (κ1) is 13.6. The van der Waals surface area contributed by atoms with Gasteiger partial charge in [-0.15, -0.1) is 11.3 Å². The molecule has 106 valence electrons. The van der Waals surface area contributed by atoms with E-state index in [2.05, 4.69) is 16.8 Å². The first-order valence-electron chi connectivity index (χ1n) is 7.20. The molecule has 0 N–H and O–H groups in total. The van der Waals surface area contributed by atoms with Gasteiger partial charge in [0.2, 0.25) is 0 Å². The Labute approximate surface area is 123 Å².